The van der Waals surface area contributed by atoms with Crippen LogP contribution in [-0.4, -0.2) is 31.5 Å². The van der Waals surface area contributed by atoms with Crippen LogP contribution in [0, 0.1) is 5.92 Å². The maximum Gasteiger partial charge on any atom is 0.534 e. The van der Waals surface area contributed by atoms with E-state index in [0.29, 0.717) is 5.56 Å². The number of halogens is 3. The number of nitrogens with two attached hydrogens (primary N) is 1. The van der Waals surface area contributed by atoms with E-state index in [9.17, 15) is 31.2 Å². The summed E-state index contributed by atoms with van der Waals surface area (Å²) in [5, 5.41) is 0. The van der Waals surface area contributed by atoms with Crippen molar-refractivity contribution in [3.8, 4) is 5.75 Å². The highest BCUT2D eigenvalue weighted by molar-refractivity contribution is 7.88. The van der Waals surface area contributed by atoms with Gasteiger partial charge in [0.25, 0.3) is 0 Å². The van der Waals surface area contributed by atoms with E-state index in [0.717, 1.165) is 12.1 Å². The van der Waals surface area contributed by atoms with Crippen LogP contribution in [0.5, 0.6) is 5.75 Å². The fraction of sp³-hybridized carbons (Fsp3) is 0.467. The lowest BCUT2D eigenvalue weighted by atomic mass is 9.99. The van der Waals surface area contributed by atoms with Crippen LogP contribution in [0.2, 0.25) is 0 Å². The smallest absolute Gasteiger partial charge is 0.459 e. The maximum atomic E-state index is 12.3. The van der Waals surface area contributed by atoms with E-state index in [1.807, 2.05) is 0 Å². The van der Waals surface area contributed by atoms with E-state index < -0.39 is 44.8 Å². The molecule has 0 saturated heterocycles. The van der Waals surface area contributed by atoms with Crippen molar-refractivity contribution in [3.05, 3.63) is 29.8 Å². The molecule has 8 nitrogen and oxygen atoms in total. The number of carbonyl (C=O) groups is 2. The van der Waals surface area contributed by atoms with Gasteiger partial charge in [-0.15, -0.1) is 0 Å². The highest BCUT2D eigenvalue weighted by atomic mass is 32.2. The van der Waals surface area contributed by atoms with Crippen molar-refractivity contribution < 1.29 is 44.9 Å². The molecule has 0 aliphatic carbocycles. The average molecular weight is 413 g/mol. The summed E-state index contributed by atoms with van der Waals surface area (Å²) in [6, 6.07) is 4.25. The minimum atomic E-state index is -5.80. The second-order valence-electron chi connectivity index (χ2n) is 6.35. The zero-order valence-electron chi connectivity index (χ0n) is 14.6. The number of alkyl halides is 3. The minimum Gasteiger partial charge on any atom is -0.459 e. The summed E-state index contributed by atoms with van der Waals surface area (Å²) in [4.78, 5) is 27.9. The monoisotopic (exact) mass is 413 g/mol. The Hall–Kier alpha value is -2.34. The predicted molar refractivity (Wildman–Crippen MR) is 85.4 cm³/mol. The quantitative estimate of drug-likeness (QED) is 0.246. The molecule has 0 amide bonds. The molecular weight excluding hydrogens is 395 g/mol. The van der Waals surface area contributed by atoms with E-state index in [1.165, 1.54) is 12.1 Å². The lowest BCUT2D eigenvalue weighted by Crippen LogP contribution is -2.36. The van der Waals surface area contributed by atoms with E-state index in [2.05, 4.69) is 9.02 Å². The average Bonchev–Trinajstić information content (AvgIpc) is 2.50. The molecule has 0 aliphatic rings. The first-order valence-corrected chi connectivity index (χ1v) is 8.80. The van der Waals surface area contributed by atoms with Crippen molar-refractivity contribution in [2.24, 2.45) is 11.8 Å². The number of ether oxygens (including phenoxy) is 1. The molecular formula is C15H18F3NO7S. The Bertz CT molecular complexity index is 783. The first kappa shape index (κ1) is 22.7. The molecule has 0 bridgehead atoms. The summed E-state index contributed by atoms with van der Waals surface area (Å²) in [6.45, 7) is 4.76. The summed E-state index contributed by atoms with van der Waals surface area (Å²) < 4.78 is 67.8. The van der Waals surface area contributed by atoms with Gasteiger partial charge in [0.15, 0.2) is 5.92 Å². The molecule has 0 fully saturated rings. The van der Waals surface area contributed by atoms with Gasteiger partial charge >= 0.3 is 27.6 Å². The van der Waals surface area contributed by atoms with Crippen molar-refractivity contribution in [2.45, 2.75) is 38.3 Å². The molecule has 1 unspecified atom stereocenters. The molecule has 0 radical (unpaired) electrons. The number of benzene rings is 1. The molecule has 2 N–H and O–H groups in total. The third kappa shape index (κ3) is 6.71. The summed E-state index contributed by atoms with van der Waals surface area (Å²) in [5.74, 6) is 0.833. The highest BCUT2D eigenvalue weighted by Crippen LogP contribution is 2.27. The Labute approximate surface area is 153 Å². The van der Waals surface area contributed by atoms with Crippen LogP contribution >= 0.6 is 0 Å². The normalized spacial score (nSPS) is 13.6. The fourth-order valence-corrected chi connectivity index (χ4v) is 2.27. The molecule has 0 spiro atoms. The van der Waals surface area contributed by atoms with Gasteiger partial charge in [-0.25, -0.2) is 4.79 Å². The molecule has 1 aromatic carbocycles. The molecule has 0 aliphatic heterocycles. The summed E-state index contributed by atoms with van der Waals surface area (Å²) in [6.07, 6.45) is -0.239. The number of carbonyl (C=O) groups excluding carboxylic acids is 2. The predicted octanol–water partition coefficient (Wildman–Crippen LogP) is 1.83. The lowest BCUT2D eigenvalue weighted by Gasteiger charge is -2.22. The second-order valence-corrected chi connectivity index (χ2v) is 7.89. The maximum absolute atomic E-state index is 12.3. The van der Waals surface area contributed by atoms with Crippen LogP contribution in [0.15, 0.2) is 24.3 Å². The van der Waals surface area contributed by atoms with Gasteiger partial charge in [0.05, 0.1) is 0 Å². The van der Waals surface area contributed by atoms with Gasteiger partial charge in [-0.05, 0) is 44.9 Å². The Balaban J connectivity index is 2.96. The summed E-state index contributed by atoms with van der Waals surface area (Å²) >= 11 is 0. The standard InChI is InChI=1S/C15H18F3NO7S/c1-14(2,3)24-12(20)11(13(21)25-19)8-9-4-6-10(7-5-9)26-27(22,23)15(16,17)18/h4-7,11H,8,19H2,1-3H3. The van der Waals surface area contributed by atoms with Crippen LogP contribution in [-0.2, 0) is 35.7 Å². The Morgan fingerprint density at radius 2 is 1.59 bits per heavy atom. The summed E-state index contributed by atoms with van der Waals surface area (Å²) in [7, 11) is -5.80. The van der Waals surface area contributed by atoms with Crippen LogP contribution in [0.4, 0.5) is 13.2 Å². The third-order valence-electron chi connectivity index (χ3n) is 2.94. The van der Waals surface area contributed by atoms with Crippen molar-refractivity contribution in [1.82, 2.24) is 0 Å². The molecule has 0 heterocycles. The van der Waals surface area contributed by atoms with Crippen LogP contribution < -0.4 is 10.1 Å². The van der Waals surface area contributed by atoms with Gasteiger partial charge in [0.1, 0.15) is 11.4 Å². The molecule has 1 aromatic rings. The second kappa shape index (κ2) is 8.13. The topological polar surface area (TPSA) is 122 Å². The first-order valence-electron chi connectivity index (χ1n) is 7.39. The Kier molecular flexibility index (Phi) is 6.83. The number of rotatable bonds is 6. The molecule has 0 saturated carbocycles. The number of hydrogen-bond donors (Lipinski definition) is 1. The lowest BCUT2D eigenvalue weighted by molar-refractivity contribution is -0.169. The van der Waals surface area contributed by atoms with Crippen LogP contribution in [0.25, 0.3) is 0 Å². The molecule has 152 valence electrons. The van der Waals surface area contributed by atoms with Gasteiger partial charge in [-0.2, -0.15) is 27.5 Å². The molecule has 1 atom stereocenters. The molecule has 12 heteroatoms. The number of hydrogen-bond acceptors (Lipinski definition) is 8. The third-order valence-corrected chi connectivity index (χ3v) is 3.92. The molecule has 1 rings (SSSR count). The first-order chi connectivity index (χ1) is 12.2. The molecule has 27 heavy (non-hydrogen) atoms. The van der Waals surface area contributed by atoms with Crippen molar-refractivity contribution in [1.29, 1.82) is 0 Å². The Morgan fingerprint density at radius 3 is 2.00 bits per heavy atom. The van der Waals surface area contributed by atoms with Gasteiger partial charge < -0.3 is 13.8 Å². The highest BCUT2D eigenvalue weighted by Gasteiger charge is 2.48. The zero-order valence-corrected chi connectivity index (χ0v) is 15.4. The minimum absolute atomic E-state index is 0.239. The summed E-state index contributed by atoms with van der Waals surface area (Å²) in [5.41, 5.74) is -6.15. The van der Waals surface area contributed by atoms with Gasteiger partial charge in [-0.3, -0.25) is 4.79 Å². The van der Waals surface area contributed by atoms with Gasteiger partial charge in [-0.1, -0.05) is 12.1 Å². The van der Waals surface area contributed by atoms with E-state index >= 15 is 0 Å². The number of esters is 1. The zero-order chi connectivity index (χ0) is 21.0. The van der Waals surface area contributed by atoms with Crippen molar-refractivity contribution in [2.75, 3.05) is 0 Å². The SMILES string of the molecule is CC(C)(C)OC(=O)C(Cc1ccc(OS(=O)(=O)C(F)(F)F)cc1)C(=O)ON. The van der Waals surface area contributed by atoms with Crippen molar-refractivity contribution >= 4 is 22.1 Å². The van der Waals surface area contributed by atoms with Crippen molar-refractivity contribution in [3.63, 3.8) is 0 Å². The van der Waals surface area contributed by atoms with Gasteiger partial charge in [0.2, 0.25) is 0 Å². The largest absolute Gasteiger partial charge is 0.534 e. The fourth-order valence-electron chi connectivity index (χ4n) is 1.81. The van der Waals surface area contributed by atoms with Crippen LogP contribution in [0.3, 0.4) is 0 Å². The van der Waals surface area contributed by atoms with E-state index in [4.69, 9.17) is 10.6 Å². The van der Waals surface area contributed by atoms with E-state index in [1.54, 1.807) is 20.8 Å². The van der Waals surface area contributed by atoms with E-state index in [-0.39, 0.29) is 6.42 Å². The van der Waals surface area contributed by atoms with Crippen LogP contribution in [0.1, 0.15) is 26.3 Å². The molecule has 0 aromatic heterocycles. The Morgan fingerprint density at radius 1 is 1.07 bits per heavy atom. The van der Waals surface area contributed by atoms with Gasteiger partial charge in [0, 0.05) is 0 Å².